The van der Waals surface area contributed by atoms with Crippen LogP contribution in [-0.4, -0.2) is 64.1 Å². The molecule has 256 valence electrons. The minimum absolute atomic E-state index is 0.135. The minimum atomic E-state index is -3.53. The molecular weight excluding hydrogens is 664 g/mol. The number of sulfonamides is 1. The van der Waals surface area contributed by atoms with Gasteiger partial charge in [-0.05, 0) is 73.2 Å². The Kier molecular flexibility index (Phi) is 10.1. The molecule has 10 nitrogen and oxygen atoms in total. The van der Waals surface area contributed by atoms with Crippen molar-refractivity contribution in [2.75, 3.05) is 42.1 Å². The summed E-state index contributed by atoms with van der Waals surface area (Å²) in [5.41, 5.74) is 4.52. The van der Waals surface area contributed by atoms with Crippen molar-refractivity contribution in [3.63, 3.8) is 0 Å². The fraction of sp³-hybridized carbons (Fsp3) is 0.324. The molecule has 0 unspecified atom stereocenters. The van der Waals surface area contributed by atoms with Gasteiger partial charge in [0, 0.05) is 56.4 Å². The molecule has 2 aliphatic heterocycles. The first-order chi connectivity index (χ1) is 23.4. The highest BCUT2D eigenvalue weighted by Crippen LogP contribution is 2.29. The van der Waals surface area contributed by atoms with Crippen LogP contribution in [0, 0.1) is 0 Å². The van der Waals surface area contributed by atoms with E-state index < -0.39 is 27.4 Å². The number of nitrogens with one attached hydrogen (secondary N) is 1. The summed E-state index contributed by atoms with van der Waals surface area (Å²) in [6, 6.07) is 20.9. The molecule has 6 rings (SSSR count). The van der Waals surface area contributed by atoms with Crippen LogP contribution < -0.4 is 20.0 Å². The van der Waals surface area contributed by atoms with Crippen LogP contribution in [0.2, 0.25) is 5.02 Å². The molecule has 0 saturated carbocycles. The molecule has 0 spiro atoms. The number of carbonyl (C=O) groups is 2. The number of nitrogens with zero attached hydrogens (tertiary/aromatic N) is 3. The van der Waals surface area contributed by atoms with Gasteiger partial charge in [-0.2, -0.15) is 0 Å². The Morgan fingerprint density at radius 2 is 1.73 bits per heavy atom. The van der Waals surface area contributed by atoms with Gasteiger partial charge in [0.15, 0.2) is 11.2 Å². The number of amides is 2. The van der Waals surface area contributed by atoms with Crippen LogP contribution in [0.4, 0.5) is 11.4 Å². The summed E-state index contributed by atoms with van der Waals surface area (Å²) in [4.78, 5) is 43.2. The van der Waals surface area contributed by atoms with E-state index in [1.807, 2.05) is 41.3 Å². The zero-order valence-corrected chi connectivity index (χ0v) is 29.1. The third-order valence-electron chi connectivity index (χ3n) is 9.19. The summed E-state index contributed by atoms with van der Waals surface area (Å²) in [7, 11) is -2.13. The van der Waals surface area contributed by atoms with Gasteiger partial charge in [-0.15, -0.1) is 0 Å². The average Bonchev–Trinajstić information content (AvgIpc) is 3.49. The summed E-state index contributed by atoms with van der Waals surface area (Å²) in [6.07, 6.45) is 6.82. The molecule has 0 bridgehead atoms. The number of hydrogen-bond donors (Lipinski definition) is 1. The Bertz CT molecular complexity index is 2070. The summed E-state index contributed by atoms with van der Waals surface area (Å²) >= 11 is 6.13. The Hall–Kier alpha value is -4.61. The van der Waals surface area contributed by atoms with Crippen LogP contribution in [0.15, 0.2) is 93.7 Å². The molecule has 2 fully saturated rings. The van der Waals surface area contributed by atoms with Crippen LogP contribution in [0.5, 0.6) is 0 Å². The Morgan fingerprint density at radius 1 is 1.00 bits per heavy atom. The summed E-state index contributed by atoms with van der Waals surface area (Å²) < 4.78 is 30.9. The van der Waals surface area contributed by atoms with Gasteiger partial charge in [-0.3, -0.25) is 18.7 Å². The van der Waals surface area contributed by atoms with Crippen molar-refractivity contribution in [1.82, 2.24) is 10.2 Å². The second kappa shape index (κ2) is 14.5. The molecule has 0 aliphatic carbocycles. The van der Waals surface area contributed by atoms with Gasteiger partial charge in [-0.1, -0.05) is 53.6 Å². The highest BCUT2D eigenvalue weighted by molar-refractivity contribution is 7.92. The lowest BCUT2D eigenvalue weighted by Crippen LogP contribution is -2.37. The molecule has 2 amide bonds. The number of piperidine rings is 1. The highest BCUT2D eigenvalue weighted by atomic mass is 35.5. The predicted octanol–water partition coefficient (Wildman–Crippen LogP) is 5.53. The van der Waals surface area contributed by atoms with Crippen molar-refractivity contribution in [3.05, 3.63) is 117 Å². The number of carbonyl (C=O) groups excluding carboxylic acids is 2. The lowest BCUT2D eigenvalue weighted by molar-refractivity contribution is -0.128. The Morgan fingerprint density at radius 3 is 2.43 bits per heavy atom. The van der Waals surface area contributed by atoms with Crippen molar-refractivity contribution in [2.45, 2.75) is 44.7 Å². The smallest absolute Gasteiger partial charge is 0.287 e. The molecule has 1 aromatic heterocycles. The number of anilines is 2. The maximum absolute atomic E-state index is 13.6. The zero-order valence-electron chi connectivity index (χ0n) is 27.5. The lowest BCUT2D eigenvalue weighted by Gasteiger charge is -2.33. The maximum atomic E-state index is 13.6. The van der Waals surface area contributed by atoms with E-state index in [1.165, 1.54) is 30.8 Å². The predicted molar refractivity (Wildman–Crippen MR) is 193 cm³/mol. The fourth-order valence-corrected chi connectivity index (χ4v) is 7.05. The maximum Gasteiger partial charge on any atom is 0.287 e. The van der Waals surface area contributed by atoms with Gasteiger partial charge < -0.3 is 19.5 Å². The number of rotatable bonds is 10. The number of hydrogen-bond acceptors (Lipinski definition) is 7. The SMILES string of the molecule is CN(c1ccc2oc(C(=O)N[C@H](C=C3CCN(c4ccccc4CN4CCCC4=O)CC3)Cc3ccc(Cl)cc3)cc(=O)c2c1)S(C)(=O)=O. The molecule has 49 heavy (non-hydrogen) atoms. The van der Waals surface area contributed by atoms with Crippen LogP contribution >= 0.6 is 11.6 Å². The standard InChI is InChI=1S/C37H39ClN4O6S/c1-40(49(2,46)47)30-13-14-34-31(22-30)33(43)23-35(48-34)37(45)39-29(20-25-9-11-28(38)12-10-25)21-26-15-18-41(19-16-26)32-7-4-3-6-27(32)24-42-17-5-8-36(42)44/h3-4,6-7,9-14,21-23,29H,5,8,15-20,24H2,1-2H3,(H,39,45)/t29-/m0/s1. The van der Waals surface area contributed by atoms with Gasteiger partial charge in [0.25, 0.3) is 5.91 Å². The van der Waals surface area contributed by atoms with Crippen molar-refractivity contribution in [2.24, 2.45) is 0 Å². The number of halogens is 1. The first kappa shape index (κ1) is 34.3. The van der Waals surface area contributed by atoms with E-state index in [4.69, 9.17) is 16.0 Å². The molecule has 4 aromatic rings. The van der Waals surface area contributed by atoms with Crippen LogP contribution in [0.1, 0.15) is 47.4 Å². The first-order valence-electron chi connectivity index (χ1n) is 16.3. The largest absolute Gasteiger partial charge is 0.451 e. The summed E-state index contributed by atoms with van der Waals surface area (Å²) in [6.45, 7) is 3.02. The van der Waals surface area contributed by atoms with Gasteiger partial charge in [0.05, 0.1) is 23.4 Å². The average molecular weight is 703 g/mol. The van der Waals surface area contributed by atoms with Gasteiger partial charge in [0.1, 0.15) is 5.58 Å². The van der Waals surface area contributed by atoms with E-state index >= 15 is 0 Å². The van der Waals surface area contributed by atoms with E-state index in [-0.39, 0.29) is 22.6 Å². The molecule has 12 heteroatoms. The topological polar surface area (TPSA) is 120 Å². The van der Waals surface area contributed by atoms with Crippen molar-refractivity contribution >= 4 is 55.8 Å². The van der Waals surface area contributed by atoms with E-state index in [0.29, 0.717) is 30.1 Å². The monoisotopic (exact) mass is 702 g/mol. The number of likely N-dealkylation sites (tertiary alicyclic amines) is 1. The first-order valence-corrected chi connectivity index (χ1v) is 18.5. The number of fused-ring (bicyclic) bond motifs is 1. The molecule has 2 saturated heterocycles. The van der Waals surface area contributed by atoms with Crippen LogP contribution in [0.25, 0.3) is 11.0 Å². The van der Waals surface area contributed by atoms with Gasteiger partial charge >= 0.3 is 0 Å². The molecule has 0 radical (unpaired) electrons. The van der Waals surface area contributed by atoms with Crippen molar-refractivity contribution < 1.29 is 22.4 Å². The molecule has 3 heterocycles. The molecule has 3 aromatic carbocycles. The zero-order chi connectivity index (χ0) is 34.7. The molecule has 2 aliphatic rings. The second-order valence-electron chi connectivity index (χ2n) is 12.7. The van der Waals surface area contributed by atoms with Crippen LogP contribution in [0.3, 0.4) is 0 Å². The minimum Gasteiger partial charge on any atom is -0.451 e. The Labute approximate surface area is 291 Å². The third-order valence-corrected chi connectivity index (χ3v) is 10.6. The van der Waals surface area contributed by atoms with Crippen molar-refractivity contribution in [1.29, 1.82) is 0 Å². The van der Waals surface area contributed by atoms with E-state index in [1.54, 1.807) is 0 Å². The second-order valence-corrected chi connectivity index (χ2v) is 15.1. The van der Waals surface area contributed by atoms with Crippen LogP contribution in [-0.2, 0) is 27.8 Å². The van der Waals surface area contributed by atoms with E-state index in [0.717, 1.165) is 72.3 Å². The summed E-state index contributed by atoms with van der Waals surface area (Å²) in [5, 5.41) is 3.85. The highest BCUT2D eigenvalue weighted by Gasteiger charge is 2.24. The Balaban J connectivity index is 1.20. The quantitative estimate of drug-likeness (QED) is 0.216. The molecule has 1 N–H and O–H groups in total. The molecular formula is C37H39ClN4O6S. The molecule has 1 atom stereocenters. The van der Waals surface area contributed by atoms with Gasteiger partial charge in [-0.25, -0.2) is 8.42 Å². The van der Waals surface area contributed by atoms with Crippen molar-refractivity contribution in [3.8, 4) is 0 Å². The summed E-state index contributed by atoms with van der Waals surface area (Å²) in [5.74, 6) is -0.457. The fourth-order valence-electron chi connectivity index (χ4n) is 6.42. The van der Waals surface area contributed by atoms with E-state index in [2.05, 4.69) is 28.4 Å². The number of para-hydroxylation sites is 1. The third kappa shape index (κ3) is 8.17. The number of benzene rings is 3. The lowest BCUT2D eigenvalue weighted by atomic mass is 9.97. The van der Waals surface area contributed by atoms with E-state index in [9.17, 15) is 22.8 Å². The van der Waals surface area contributed by atoms with Gasteiger partial charge in [0.2, 0.25) is 15.9 Å². The normalized spacial score (nSPS) is 15.8.